The summed E-state index contributed by atoms with van der Waals surface area (Å²) in [6.07, 6.45) is -0.225. The van der Waals surface area contributed by atoms with Crippen LogP contribution in [0.3, 0.4) is 0 Å². The second-order valence-corrected chi connectivity index (χ2v) is 9.36. The fourth-order valence-corrected chi connectivity index (χ4v) is 5.19. The molecule has 0 bridgehead atoms. The number of fused-ring (bicyclic) bond motifs is 2. The normalized spacial score (nSPS) is 24.2. The molecule has 0 spiro atoms. The Morgan fingerprint density at radius 2 is 1.85 bits per heavy atom. The summed E-state index contributed by atoms with van der Waals surface area (Å²) >= 11 is 0. The van der Waals surface area contributed by atoms with Crippen LogP contribution in [0.5, 0.6) is 0 Å². The van der Waals surface area contributed by atoms with Crippen LogP contribution in [-0.2, 0) is 18.9 Å². The molecule has 3 N–H and O–H groups in total. The first-order valence-corrected chi connectivity index (χ1v) is 12.9. The van der Waals surface area contributed by atoms with Gasteiger partial charge in [0, 0.05) is 25.4 Å². The number of nitrogens with zero attached hydrogens (tertiary/aromatic N) is 5. The number of rotatable bonds is 8. The third kappa shape index (κ3) is 4.86. The van der Waals surface area contributed by atoms with Crippen molar-refractivity contribution in [1.82, 2.24) is 29.8 Å². The lowest BCUT2D eigenvalue weighted by atomic mass is 9.99. The van der Waals surface area contributed by atoms with Gasteiger partial charge in [0.05, 0.1) is 17.6 Å². The minimum absolute atomic E-state index is 0.0108. The molecule has 1 aromatic carbocycles. The van der Waals surface area contributed by atoms with E-state index in [1.807, 2.05) is 30.3 Å². The highest BCUT2D eigenvalue weighted by Gasteiger charge is 2.57. The molecule has 6 unspecified atom stereocenters. The molecule has 5 heterocycles. The zero-order valence-corrected chi connectivity index (χ0v) is 22.1. The third-order valence-corrected chi connectivity index (χ3v) is 6.95. The zero-order chi connectivity index (χ0) is 28.5. The van der Waals surface area contributed by atoms with E-state index >= 15 is 0 Å². The number of pyridine rings is 1. The van der Waals surface area contributed by atoms with Crippen molar-refractivity contribution in [3.63, 3.8) is 0 Å². The van der Waals surface area contributed by atoms with Crippen LogP contribution in [0.2, 0.25) is 0 Å². The molecule has 0 radical (unpaired) electrons. The lowest BCUT2D eigenvalue weighted by Crippen LogP contribution is -2.35. The molecule has 14 nitrogen and oxygen atoms in total. The van der Waals surface area contributed by atoms with Crippen molar-refractivity contribution in [2.45, 2.75) is 43.9 Å². The summed E-state index contributed by atoms with van der Waals surface area (Å²) in [5, 5.41) is 15.2. The number of amides is 2. The SMILES string of the molecule is CCNC(=O)Nc1ncnc2c1ncn2C1OC(C(OC)c2ncccc2C(=O)O)C2OC(c3ccccc3)OC21. The average Bonchev–Trinajstić information content (AvgIpc) is 3.69. The minimum atomic E-state index is -1.14. The molecule has 0 aliphatic carbocycles. The number of imidazole rings is 1. The predicted molar refractivity (Wildman–Crippen MR) is 142 cm³/mol. The number of ether oxygens (including phenoxy) is 4. The maximum absolute atomic E-state index is 12.2. The monoisotopic (exact) mass is 561 g/mol. The molecule has 6 rings (SSSR count). The fraction of sp³-hybridized carbons (Fsp3) is 0.333. The van der Waals surface area contributed by atoms with Crippen LogP contribution in [0.25, 0.3) is 11.2 Å². The third-order valence-electron chi connectivity index (χ3n) is 6.95. The van der Waals surface area contributed by atoms with Crippen molar-refractivity contribution in [3.05, 3.63) is 78.1 Å². The van der Waals surface area contributed by atoms with Crippen LogP contribution in [0.4, 0.5) is 10.6 Å². The van der Waals surface area contributed by atoms with E-state index in [0.29, 0.717) is 17.7 Å². The molecule has 3 aromatic heterocycles. The van der Waals surface area contributed by atoms with Gasteiger partial charge in [-0.15, -0.1) is 0 Å². The minimum Gasteiger partial charge on any atom is -0.478 e. The first kappa shape index (κ1) is 26.7. The van der Waals surface area contributed by atoms with Gasteiger partial charge in [-0.3, -0.25) is 14.9 Å². The molecule has 2 aliphatic rings. The molecular formula is C27H27N7O7. The van der Waals surface area contributed by atoms with Gasteiger partial charge in [0.15, 0.2) is 29.5 Å². The predicted octanol–water partition coefficient (Wildman–Crippen LogP) is 2.83. The van der Waals surface area contributed by atoms with E-state index in [1.165, 1.54) is 32.0 Å². The summed E-state index contributed by atoms with van der Waals surface area (Å²) in [5.41, 5.74) is 1.74. The highest BCUT2D eigenvalue weighted by molar-refractivity contribution is 5.95. The summed E-state index contributed by atoms with van der Waals surface area (Å²) in [4.78, 5) is 41.5. The van der Waals surface area contributed by atoms with Crippen molar-refractivity contribution < 1.29 is 33.6 Å². The molecule has 2 fully saturated rings. The van der Waals surface area contributed by atoms with Crippen LogP contribution >= 0.6 is 0 Å². The first-order valence-electron chi connectivity index (χ1n) is 12.9. The maximum atomic E-state index is 12.2. The van der Waals surface area contributed by atoms with Crippen molar-refractivity contribution >= 4 is 29.0 Å². The van der Waals surface area contributed by atoms with Crippen molar-refractivity contribution in [2.75, 3.05) is 19.0 Å². The van der Waals surface area contributed by atoms with Crippen molar-refractivity contribution in [3.8, 4) is 0 Å². The number of hydrogen-bond donors (Lipinski definition) is 3. The van der Waals surface area contributed by atoms with E-state index in [2.05, 4.69) is 30.6 Å². The standard InChI is InChI=1S/C27H27N7O7/c1-3-28-27(37)33-22-17-23(31-12-30-22)34(13-32-17)24-21-20(40-26(41-21)14-8-5-4-6-9-14)19(39-24)18(38-2)16-15(25(35)36)10-7-11-29-16/h4-13,18-21,24,26H,3H2,1-2H3,(H,35,36)(H2,28,30,31,33,37). The highest BCUT2D eigenvalue weighted by atomic mass is 16.8. The number of urea groups is 1. The van der Waals surface area contributed by atoms with Gasteiger partial charge in [-0.1, -0.05) is 30.3 Å². The second-order valence-electron chi connectivity index (χ2n) is 9.36. The Labute approximate surface area is 233 Å². The van der Waals surface area contributed by atoms with Crippen molar-refractivity contribution in [2.24, 2.45) is 0 Å². The molecule has 212 valence electrons. The molecule has 2 saturated heterocycles. The molecule has 6 atom stereocenters. The average molecular weight is 562 g/mol. The number of hydrogen-bond acceptors (Lipinski definition) is 10. The van der Waals surface area contributed by atoms with Gasteiger partial charge >= 0.3 is 12.0 Å². The van der Waals surface area contributed by atoms with E-state index in [9.17, 15) is 14.7 Å². The molecule has 14 heteroatoms. The smallest absolute Gasteiger partial charge is 0.337 e. The number of carbonyl (C=O) groups is 2. The number of carboxylic acid groups (broad SMARTS) is 1. The number of carbonyl (C=O) groups excluding carboxylic acids is 1. The molecular weight excluding hydrogens is 534 g/mol. The Bertz CT molecular complexity index is 1570. The van der Waals surface area contributed by atoms with Crippen LogP contribution in [0, 0.1) is 0 Å². The van der Waals surface area contributed by atoms with Gasteiger partial charge < -0.3 is 29.4 Å². The number of benzene rings is 1. The molecule has 0 saturated carbocycles. The summed E-state index contributed by atoms with van der Waals surface area (Å²) in [5.74, 6) is -0.914. The quantitative estimate of drug-likeness (QED) is 0.289. The number of carboxylic acids is 1. The molecule has 2 aliphatic heterocycles. The fourth-order valence-electron chi connectivity index (χ4n) is 5.19. The number of aromatic nitrogens is 5. The van der Waals surface area contributed by atoms with Gasteiger partial charge in [0.25, 0.3) is 0 Å². The lowest BCUT2D eigenvalue weighted by molar-refractivity contribution is -0.171. The van der Waals surface area contributed by atoms with Gasteiger partial charge in [0.1, 0.15) is 30.7 Å². The number of aromatic carboxylic acids is 1. The summed E-state index contributed by atoms with van der Waals surface area (Å²) in [6.45, 7) is 2.24. The number of nitrogens with one attached hydrogen (secondary N) is 2. The van der Waals surface area contributed by atoms with Gasteiger partial charge in [-0.05, 0) is 19.1 Å². The summed E-state index contributed by atoms with van der Waals surface area (Å²) in [6, 6.07) is 12.0. The first-order chi connectivity index (χ1) is 20.0. The summed E-state index contributed by atoms with van der Waals surface area (Å²) < 4.78 is 26.8. The van der Waals surface area contributed by atoms with Crippen LogP contribution in [-0.4, -0.2) is 73.6 Å². The Morgan fingerprint density at radius 3 is 2.61 bits per heavy atom. The summed E-state index contributed by atoms with van der Waals surface area (Å²) in [7, 11) is 1.46. The lowest BCUT2D eigenvalue weighted by Gasteiger charge is -2.27. The molecule has 2 amide bonds. The molecule has 41 heavy (non-hydrogen) atoms. The van der Waals surface area contributed by atoms with E-state index in [4.69, 9.17) is 18.9 Å². The Hall–Kier alpha value is -4.50. The zero-order valence-electron chi connectivity index (χ0n) is 22.1. The largest absolute Gasteiger partial charge is 0.478 e. The van der Waals surface area contributed by atoms with Gasteiger partial charge in [-0.25, -0.2) is 24.5 Å². The Morgan fingerprint density at radius 1 is 1.05 bits per heavy atom. The van der Waals surface area contributed by atoms with E-state index in [1.54, 1.807) is 17.6 Å². The maximum Gasteiger partial charge on any atom is 0.337 e. The number of methoxy groups -OCH3 is 1. The van der Waals surface area contributed by atoms with Gasteiger partial charge in [-0.2, -0.15) is 0 Å². The van der Waals surface area contributed by atoms with E-state index in [0.717, 1.165) is 5.56 Å². The second kappa shape index (κ2) is 11.2. The van der Waals surface area contributed by atoms with Gasteiger partial charge in [0.2, 0.25) is 0 Å². The number of anilines is 1. The van der Waals surface area contributed by atoms with E-state index < -0.39 is 48.9 Å². The van der Waals surface area contributed by atoms with Crippen LogP contribution < -0.4 is 10.6 Å². The van der Waals surface area contributed by atoms with Crippen molar-refractivity contribution in [1.29, 1.82) is 0 Å². The Kier molecular flexibility index (Phi) is 7.28. The van der Waals surface area contributed by atoms with Crippen LogP contribution in [0.1, 0.15) is 47.2 Å². The highest BCUT2D eigenvalue weighted by Crippen LogP contribution is 2.48. The molecule has 4 aromatic rings. The van der Waals surface area contributed by atoms with E-state index in [-0.39, 0.29) is 17.1 Å². The van der Waals surface area contributed by atoms with Crippen LogP contribution in [0.15, 0.2) is 61.3 Å². The topological polar surface area (TPSA) is 172 Å². The Balaban J connectivity index is 1.40.